The number of carbonyl (C=O) groups is 1. The molecule has 0 atom stereocenters. The van der Waals surface area contributed by atoms with E-state index in [0.717, 1.165) is 11.0 Å². The van der Waals surface area contributed by atoms with E-state index in [-0.39, 0.29) is 18.2 Å². The van der Waals surface area contributed by atoms with Crippen molar-refractivity contribution in [2.75, 3.05) is 7.11 Å². The number of aromatic hydroxyl groups is 1. The van der Waals surface area contributed by atoms with Crippen LogP contribution in [0.1, 0.15) is 17.9 Å². The number of hydrogen-bond acceptors (Lipinski definition) is 6. The molecular weight excluding hydrogens is 384 g/mol. The third-order valence-electron chi connectivity index (χ3n) is 4.88. The number of ether oxygens (including phenoxy) is 1. The summed E-state index contributed by atoms with van der Waals surface area (Å²) in [4.78, 5) is 21.1. The number of nitrogens with one attached hydrogen (secondary N) is 1. The van der Waals surface area contributed by atoms with E-state index < -0.39 is 0 Å². The van der Waals surface area contributed by atoms with Gasteiger partial charge in [-0.1, -0.05) is 12.1 Å². The van der Waals surface area contributed by atoms with Crippen molar-refractivity contribution in [1.82, 2.24) is 19.9 Å². The Morgan fingerprint density at radius 3 is 2.90 bits per heavy atom. The van der Waals surface area contributed by atoms with Crippen LogP contribution in [0.25, 0.3) is 22.5 Å². The molecule has 8 nitrogen and oxygen atoms in total. The van der Waals surface area contributed by atoms with E-state index in [1.165, 1.54) is 13.2 Å². The first-order chi connectivity index (χ1) is 14.5. The standard InChI is InChI=1S/C22H22N4O4/c1-14-17(25-22(30-14)15-7-8-20(29-2)19(27)11-15)12-23-21(28)9-10-26-13-24-16-5-3-4-6-18(16)26/h3-8,11,13,27H,9-10,12H2,1-2H3,(H,23,28). The number of hydrogen-bond donors (Lipinski definition) is 2. The van der Waals surface area contributed by atoms with E-state index in [1.807, 2.05) is 28.8 Å². The van der Waals surface area contributed by atoms with Crippen LogP contribution in [0.4, 0.5) is 0 Å². The fourth-order valence-electron chi connectivity index (χ4n) is 3.22. The van der Waals surface area contributed by atoms with E-state index in [0.29, 0.717) is 41.6 Å². The molecule has 30 heavy (non-hydrogen) atoms. The zero-order valence-electron chi connectivity index (χ0n) is 16.8. The fraction of sp³-hybridized carbons (Fsp3) is 0.227. The van der Waals surface area contributed by atoms with Crippen LogP contribution in [0.5, 0.6) is 11.5 Å². The number of carbonyl (C=O) groups excluding carboxylic acids is 1. The van der Waals surface area contributed by atoms with Gasteiger partial charge in [0.2, 0.25) is 11.8 Å². The van der Waals surface area contributed by atoms with E-state index in [2.05, 4.69) is 15.3 Å². The molecule has 0 bridgehead atoms. The molecule has 0 saturated carbocycles. The average molecular weight is 406 g/mol. The summed E-state index contributed by atoms with van der Waals surface area (Å²) in [5, 5.41) is 12.8. The van der Waals surface area contributed by atoms with Gasteiger partial charge >= 0.3 is 0 Å². The molecule has 2 N–H and O–H groups in total. The van der Waals surface area contributed by atoms with Crippen LogP contribution >= 0.6 is 0 Å². The van der Waals surface area contributed by atoms with E-state index in [1.54, 1.807) is 25.4 Å². The molecule has 2 heterocycles. The summed E-state index contributed by atoms with van der Waals surface area (Å²) in [5.41, 5.74) is 3.18. The Labute approximate surface area is 173 Å². The van der Waals surface area contributed by atoms with Gasteiger partial charge in [0, 0.05) is 18.5 Å². The highest BCUT2D eigenvalue weighted by atomic mass is 16.5. The van der Waals surface area contributed by atoms with Crippen molar-refractivity contribution >= 4 is 16.9 Å². The number of phenolic OH excluding ortho intramolecular Hbond substituents is 1. The fourth-order valence-corrected chi connectivity index (χ4v) is 3.22. The number of imidazole rings is 1. The highest BCUT2D eigenvalue weighted by molar-refractivity contribution is 5.77. The van der Waals surface area contributed by atoms with Crippen molar-refractivity contribution in [2.45, 2.75) is 26.4 Å². The van der Waals surface area contributed by atoms with Gasteiger partial charge in [-0.05, 0) is 37.3 Å². The predicted octanol–water partition coefficient (Wildman–Crippen LogP) is 3.42. The van der Waals surface area contributed by atoms with Crippen LogP contribution in [0, 0.1) is 6.92 Å². The molecular formula is C22H22N4O4. The third-order valence-corrected chi connectivity index (χ3v) is 4.88. The number of methoxy groups -OCH3 is 1. The minimum absolute atomic E-state index is 0.00716. The number of nitrogens with zero attached hydrogens (tertiary/aromatic N) is 3. The number of aromatic nitrogens is 3. The summed E-state index contributed by atoms with van der Waals surface area (Å²) in [6.07, 6.45) is 2.08. The zero-order valence-corrected chi connectivity index (χ0v) is 16.8. The minimum atomic E-state index is -0.0844. The first-order valence-corrected chi connectivity index (χ1v) is 9.55. The quantitative estimate of drug-likeness (QED) is 0.488. The van der Waals surface area contributed by atoms with Gasteiger partial charge in [0.05, 0.1) is 31.0 Å². The van der Waals surface area contributed by atoms with Crippen LogP contribution in [0.15, 0.2) is 53.2 Å². The second kappa shape index (κ2) is 8.28. The Morgan fingerprint density at radius 2 is 2.10 bits per heavy atom. The third kappa shape index (κ3) is 3.98. The number of aryl methyl sites for hydroxylation is 2. The van der Waals surface area contributed by atoms with E-state index in [9.17, 15) is 9.90 Å². The molecule has 0 saturated heterocycles. The number of rotatable bonds is 7. The Bertz CT molecular complexity index is 1200. The van der Waals surface area contributed by atoms with Gasteiger partial charge in [-0.3, -0.25) is 4.79 Å². The van der Waals surface area contributed by atoms with E-state index >= 15 is 0 Å². The van der Waals surface area contributed by atoms with Crippen molar-refractivity contribution in [2.24, 2.45) is 0 Å². The maximum absolute atomic E-state index is 12.3. The van der Waals surface area contributed by atoms with Gasteiger partial charge in [0.25, 0.3) is 0 Å². The summed E-state index contributed by atoms with van der Waals surface area (Å²) in [6, 6.07) is 12.7. The second-order valence-electron chi connectivity index (χ2n) is 6.86. The van der Waals surface area contributed by atoms with Crippen LogP contribution < -0.4 is 10.1 Å². The summed E-state index contributed by atoms with van der Waals surface area (Å²) in [5.74, 6) is 1.28. The Morgan fingerprint density at radius 1 is 1.27 bits per heavy atom. The zero-order chi connectivity index (χ0) is 21.1. The largest absolute Gasteiger partial charge is 0.504 e. The lowest BCUT2D eigenvalue weighted by molar-refractivity contribution is -0.121. The molecule has 2 aromatic carbocycles. The van der Waals surface area contributed by atoms with E-state index in [4.69, 9.17) is 9.15 Å². The number of amides is 1. The molecule has 154 valence electrons. The molecule has 8 heteroatoms. The lowest BCUT2D eigenvalue weighted by atomic mass is 10.2. The first-order valence-electron chi connectivity index (χ1n) is 9.55. The van der Waals surface area contributed by atoms with Gasteiger partial charge in [-0.2, -0.15) is 0 Å². The topological polar surface area (TPSA) is 102 Å². The molecule has 0 fully saturated rings. The van der Waals surface area contributed by atoms with Gasteiger partial charge in [-0.15, -0.1) is 0 Å². The van der Waals surface area contributed by atoms with Crippen molar-refractivity contribution in [3.63, 3.8) is 0 Å². The molecule has 0 radical (unpaired) electrons. The number of fused-ring (bicyclic) bond motifs is 1. The van der Waals surface area contributed by atoms with Gasteiger partial charge in [0.15, 0.2) is 11.5 Å². The molecule has 4 aromatic rings. The van der Waals surface area contributed by atoms with Crippen LogP contribution in [0.3, 0.4) is 0 Å². The molecule has 1 amide bonds. The number of oxazole rings is 1. The molecule has 0 aliphatic rings. The van der Waals surface area contributed by atoms with Gasteiger partial charge in [-0.25, -0.2) is 9.97 Å². The summed E-state index contributed by atoms with van der Waals surface area (Å²) < 4.78 is 12.7. The SMILES string of the molecule is COc1ccc(-c2nc(CNC(=O)CCn3cnc4ccccc43)c(C)o2)cc1O. The second-order valence-corrected chi connectivity index (χ2v) is 6.86. The maximum atomic E-state index is 12.3. The molecule has 0 unspecified atom stereocenters. The summed E-state index contributed by atoms with van der Waals surface area (Å²) >= 11 is 0. The van der Waals surface area contributed by atoms with Crippen LogP contribution in [-0.2, 0) is 17.9 Å². The molecule has 4 rings (SSSR count). The monoisotopic (exact) mass is 406 g/mol. The van der Waals surface area contributed by atoms with Gasteiger partial charge in [0.1, 0.15) is 11.5 Å². The smallest absolute Gasteiger partial charge is 0.226 e. The van der Waals surface area contributed by atoms with Crippen molar-refractivity contribution in [3.05, 3.63) is 60.2 Å². The van der Waals surface area contributed by atoms with Crippen molar-refractivity contribution in [1.29, 1.82) is 0 Å². The number of phenols is 1. The van der Waals surface area contributed by atoms with Gasteiger partial charge < -0.3 is 24.1 Å². The molecule has 0 aliphatic heterocycles. The van der Waals surface area contributed by atoms with Crippen molar-refractivity contribution < 1.29 is 19.1 Å². The molecule has 0 aliphatic carbocycles. The normalized spacial score (nSPS) is 11.0. The first kappa shape index (κ1) is 19.5. The number of para-hydroxylation sites is 2. The number of benzene rings is 2. The van der Waals surface area contributed by atoms with Crippen molar-refractivity contribution in [3.8, 4) is 23.0 Å². The Hall–Kier alpha value is -3.81. The summed E-state index contributed by atoms with van der Waals surface area (Å²) in [7, 11) is 1.49. The highest BCUT2D eigenvalue weighted by Crippen LogP contribution is 2.31. The average Bonchev–Trinajstić information content (AvgIpc) is 3.34. The van der Waals surface area contributed by atoms with Crippen LogP contribution in [-0.4, -0.2) is 32.7 Å². The summed E-state index contributed by atoms with van der Waals surface area (Å²) in [6.45, 7) is 2.60. The highest BCUT2D eigenvalue weighted by Gasteiger charge is 2.14. The Kier molecular flexibility index (Phi) is 5.38. The molecule has 2 aromatic heterocycles. The predicted molar refractivity (Wildman–Crippen MR) is 111 cm³/mol. The minimum Gasteiger partial charge on any atom is -0.504 e. The Balaban J connectivity index is 1.37. The lowest BCUT2D eigenvalue weighted by Gasteiger charge is -2.05. The van der Waals surface area contributed by atoms with Crippen LogP contribution in [0.2, 0.25) is 0 Å². The maximum Gasteiger partial charge on any atom is 0.226 e. The lowest BCUT2D eigenvalue weighted by Crippen LogP contribution is -2.24. The molecule has 0 spiro atoms.